The van der Waals surface area contributed by atoms with Gasteiger partial charge in [-0.15, -0.1) is 5.06 Å². The molecule has 34 heavy (non-hydrogen) atoms. The molecule has 0 saturated carbocycles. The Hall–Kier alpha value is -2.82. The van der Waals surface area contributed by atoms with Crippen molar-refractivity contribution < 1.29 is 29.0 Å². The molecule has 1 aliphatic heterocycles. The highest BCUT2D eigenvalue weighted by Gasteiger charge is 2.31. The molecule has 0 bridgehead atoms. The van der Waals surface area contributed by atoms with E-state index in [0.717, 1.165) is 48.4 Å². The molecule has 3 N–H and O–H groups in total. The van der Waals surface area contributed by atoms with E-state index in [1.807, 2.05) is 13.0 Å². The molecule has 0 spiro atoms. The third-order valence-corrected chi connectivity index (χ3v) is 5.92. The van der Waals surface area contributed by atoms with Crippen molar-refractivity contribution in [2.45, 2.75) is 45.1 Å². The molecule has 2 atom stereocenters. The average Bonchev–Trinajstić information content (AvgIpc) is 2.80. The van der Waals surface area contributed by atoms with Crippen molar-refractivity contribution in [2.24, 2.45) is 5.92 Å². The van der Waals surface area contributed by atoms with Crippen LogP contribution in [0.2, 0.25) is 5.02 Å². The zero-order chi connectivity index (χ0) is 24.7. The monoisotopic (exact) mass is 494 g/mol. The van der Waals surface area contributed by atoms with E-state index in [-0.39, 0.29) is 23.9 Å². The summed E-state index contributed by atoms with van der Waals surface area (Å²) in [7, 11) is 0. The molecule has 0 aliphatic carbocycles. The number of nitrogens with one attached hydrogen (secondary N) is 1. The highest BCUT2D eigenvalue weighted by atomic mass is 35.5. The molecule has 0 unspecified atom stereocenters. The SMILES string of the molecule is C[C@H](CCc1ccc2c(n1)NCCC2)CN(OC(=O)c1c(F)cncc1Cl)[C@H](CCO)C(=O)O. The number of hydroxylamine groups is 2. The van der Waals surface area contributed by atoms with Crippen LogP contribution in [0.1, 0.15) is 47.8 Å². The van der Waals surface area contributed by atoms with Gasteiger partial charge in [0.1, 0.15) is 17.4 Å². The zero-order valence-corrected chi connectivity index (χ0v) is 19.6. The lowest BCUT2D eigenvalue weighted by atomic mass is 10.0. The highest BCUT2D eigenvalue weighted by Crippen LogP contribution is 2.23. The van der Waals surface area contributed by atoms with Crippen LogP contribution in [-0.4, -0.2) is 62.9 Å². The number of carbonyl (C=O) groups is 2. The number of aliphatic hydroxyl groups is 1. The van der Waals surface area contributed by atoms with E-state index in [4.69, 9.17) is 16.4 Å². The summed E-state index contributed by atoms with van der Waals surface area (Å²) < 4.78 is 14.1. The van der Waals surface area contributed by atoms with E-state index >= 15 is 0 Å². The van der Waals surface area contributed by atoms with E-state index < -0.39 is 36.0 Å². The average molecular weight is 495 g/mol. The predicted molar refractivity (Wildman–Crippen MR) is 123 cm³/mol. The van der Waals surface area contributed by atoms with Gasteiger partial charge in [0.25, 0.3) is 0 Å². The number of rotatable bonds is 11. The summed E-state index contributed by atoms with van der Waals surface area (Å²) in [6, 6.07) is 2.74. The van der Waals surface area contributed by atoms with Crippen molar-refractivity contribution in [3.05, 3.63) is 52.2 Å². The lowest BCUT2D eigenvalue weighted by Crippen LogP contribution is -2.45. The van der Waals surface area contributed by atoms with Gasteiger partial charge in [-0.3, -0.25) is 9.78 Å². The van der Waals surface area contributed by atoms with Gasteiger partial charge in [0.15, 0.2) is 5.82 Å². The molecular formula is C23H28ClFN4O5. The van der Waals surface area contributed by atoms with E-state index in [1.54, 1.807) is 0 Å². The van der Waals surface area contributed by atoms with Crippen molar-refractivity contribution in [1.29, 1.82) is 0 Å². The molecule has 9 nitrogen and oxygen atoms in total. The van der Waals surface area contributed by atoms with Crippen LogP contribution in [0.3, 0.4) is 0 Å². The number of halogens is 2. The number of pyridine rings is 2. The van der Waals surface area contributed by atoms with Gasteiger partial charge in [-0.2, -0.15) is 0 Å². The molecular weight excluding hydrogens is 467 g/mol. The molecule has 2 aromatic heterocycles. The molecule has 11 heteroatoms. The first-order valence-corrected chi connectivity index (χ1v) is 11.5. The minimum Gasteiger partial charge on any atom is -0.480 e. The van der Waals surface area contributed by atoms with Gasteiger partial charge in [-0.1, -0.05) is 24.6 Å². The number of aryl methyl sites for hydroxylation is 2. The molecule has 0 saturated heterocycles. The Bertz CT molecular complexity index is 1000. The Balaban J connectivity index is 1.70. The Labute approximate surface area is 201 Å². The van der Waals surface area contributed by atoms with Crippen LogP contribution in [0.5, 0.6) is 0 Å². The molecule has 2 aromatic rings. The first-order chi connectivity index (χ1) is 16.3. The van der Waals surface area contributed by atoms with Crippen molar-refractivity contribution in [3.63, 3.8) is 0 Å². The molecule has 184 valence electrons. The van der Waals surface area contributed by atoms with E-state index in [2.05, 4.69) is 21.4 Å². The number of carboxylic acids is 1. The summed E-state index contributed by atoms with van der Waals surface area (Å²) in [5.41, 5.74) is 1.56. The van der Waals surface area contributed by atoms with Crippen LogP contribution in [0, 0.1) is 11.7 Å². The normalized spacial score (nSPS) is 14.7. The fourth-order valence-electron chi connectivity index (χ4n) is 3.80. The first kappa shape index (κ1) is 25.8. The van der Waals surface area contributed by atoms with Gasteiger partial charge < -0.3 is 20.4 Å². The number of aromatic nitrogens is 2. The predicted octanol–water partition coefficient (Wildman–Crippen LogP) is 3.11. The Morgan fingerprint density at radius 3 is 2.82 bits per heavy atom. The van der Waals surface area contributed by atoms with E-state index in [9.17, 15) is 24.2 Å². The number of nitrogens with zero attached hydrogens (tertiary/aromatic N) is 3. The summed E-state index contributed by atoms with van der Waals surface area (Å²) >= 11 is 5.89. The van der Waals surface area contributed by atoms with E-state index in [1.165, 1.54) is 5.56 Å². The van der Waals surface area contributed by atoms with Crippen LogP contribution in [0.15, 0.2) is 24.5 Å². The second-order valence-corrected chi connectivity index (χ2v) is 8.71. The molecule has 0 radical (unpaired) electrons. The minimum atomic E-state index is -1.31. The third-order valence-electron chi connectivity index (χ3n) is 5.63. The molecule has 0 aromatic carbocycles. The Morgan fingerprint density at radius 1 is 1.32 bits per heavy atom. The summed E-state index contributed by atoms with van der Waals surface area (Å²) in [5, 5.41) is 23.0. The lowest BCUT2D eigenvalue weighted by Gasteiger charge is -2.29. The number of aliphatic hydroxyl groups excluding tert-OH is 1. The Kier molecular flexibility index (Phi) is 9.14. The van der Waals surface area contributed by atoms with Crippen LogP contribution in [-0.2, 0) is 22.5 Å². The minimum absolute atomic E-state index is 0.0518. The number of carboxylic acid groups (broad SMARTS) is 1. The maximum absolute atomic E-state index is 14.1. The van der Waals surface area contributed by atoms with Crippen LogP contribution in [0.25, 0.3) is 0 Å². The molecule has 1 aliphatic rings. The van der Waals surface area contributed by atoms with Crippen LogP contribution in [0.4, 0.5) is 10.2 Å². The highest BCUT2D eigenvalue weighted by molar-refractivity contribution is 6.33. The molecule has 3 heterocycles. The van der Waals surface area contributed by atoms with Gasteiger partial charge in [-0.25, -0.2) is 14.2 Å². The maximum Gasteiger partial charge on any atom is 0.361 e. The Morgan fingerprint density at radius 2 is 2.12 bits per heavy atom. The van der Waals surface area contributed by atoms with Gasteiger partial charge >= 0.3 is 11.9 Å². The van der Waals surface area contributed by atoms with Crippen molar-refractivity contribution in [1.82, 2.24) is 15.0 Å². The number of carbonyl (C=O) groups excluding carboxylic acids is 1. The number of hydrogen-bond donors (Lipinski definition) is 3. The largest absolute Gasteiger partial charge is 0.480 e. The molecule has 0 amide bonds. The summed E-state index contributed by atoms with van der Waals surface area (Å²) in [5.74, 6) is -2.61. The quantitative estimate of drug-likeness (QED) is 0.404. The number of hydrogen-bond acceptors (Lipinski definition) is 8. The van der Waals surface area contributed by atoms with Gasteiger partial charge in [0.2, 0.25) is 0 Å². The summed E-state index contributed by atoms with van der Waals surface area (Å²) in [6.07, 6.45) is 5.08. The fraction of sp³-hybridized carbons (Fsp3) is 0.478. The second-order valence-electron chi connectivity index (χ2n) is 8.31. The van der Waals surface area contributed by atoms with Crippen LogP contribution < -0.4 is 5.32 Å². The second kappa shape index (κ2) is 12.0. The van der Waals surface area contributed by atoms with Gasteiger partial charge in [0, 0.05) is 31.6 Å². The zero-order valence-electron chi connectivity index (χ0n) is 18.8. The van der Waals surface area contributed by atoms with E-state index in [0.29, 0.717) is 12.8 Å². The summed E-state index contributed by atoms with van der Waals surface area (Å²) in [6.45, 7) is 2.39. The summed E-state index contributed by atoms with van der Waals surface area (Å²) in [4.78, 5) is 38.0. The number of fused-ring (bicyclic) bond motifs is 1. The topological polar surface area (TPSA) is 125 Å². The molecule has 0 fully saturated rings. The van der Waals surface area contributed by atoms with Gasteiger partial charge in [-0.05, 0) is 49.7 Å². The van der Waals surface area contributed by atoms with Crippen molar-refractivity contribution in [3.8, 4) is 0 Å². The fourth-order valence-corrected chi connectivity index (χ4v) is 4.02. The van der Waals surface area contributed by atoms with Crippen molar-refractivity contribution in [2.75, 3.05) is 25.0 Å². The molecule has 3 rings (SSSR count). The number of aliphatic carboxylic acids is 1. The van der Waals surface area contributed by atoms with Crippen molar-refractivity contribution >= 4 is 29.4 Å². The van der Waals surface area contributed by atoms with Gasteiger partial charge in [0.05, 0.1) is 11.2 Å². The first-order valence-electron chi connectivity index (χ1n) is 11.1. The third kappa shape index (κ3) is 6.62. The standard InChI is InChI=1S/C23H28ClFN4O5/c1-14(4-6-16-7-5-15-3-2-9-27-21(15)28-16)13-29(19(8-10-30)22(31)32)34-23(33)20-17(24)11-26-12-18(20)25/h5,7,11-12,14,19,30H,2-4,6,8-10,13H2,1H3,(H,27,28)(H,31,32)/t14-,19-/m1/s1. The van der Waals surface area contributed by atoms with Crippen LogP contribution >= 0.6 is 11.6 Å². The number of anilines is 1. The maximum atomic E-state index is 14.1. The lowest BCUT2D eigenvalue weighted by molar-refractivity contribution is -0.176. The smallest absolute Gasteiger partial charge is 0.361 e.